The van der Waals surface area contributed by atoms with Crippen molar-refractivity contribution in [3.8, 4) is 0 Å². The van der Waals surface area contributed by atoms with E-state index in [1.54, 1.807) is 6.20 Å². The topological polar surface area (TPSA) is 16.1 Å². The van der Waals surface area contributed by atoms with Gasteiger partial charge in [-0.25, -0.2) is 9.37 Å². The fraction of sp³-hybridized carbons (Fsp3) is 0.500. The predicted octanol–water partition coefficient (Wildman–Crippen LogP) is 2.68. The van der Waals surface area contributed by atoms with Crippen LogP contribution in [-0.2, 0) is 0 Å². The van der Waals surface area contributed by atoms with Crippen molar-refractivity contribution in [1.82, 2.24) is 4.98 Å². The molecule has 3 rings (SSSR count). The molecule has 2 atom stereocenters. The van der Waals surface area contributed by atoms with Gasteiger partial charge in [-0.15, -0.1) is 0 Å². The molecule has 1 aromatic heterocycles. The van der Waals surface area contributed by atoms with Gasteiger partial charge in [0.2, 0.25) is 0 Å². The van der Waals surface area contributed by atoms with Crippen LogP contribution in [0.3, 0.4) is 0 Å². The van der Waals surface area contributed by atoms with Crippen molar-refractivity contribution in [2.45, 2.75) is 17.7 Å². The molecule has 0 saturated carbocycles. The first-order valence-electron chi connectivity index (χ1n) is 4.93. The van der Waals surface area contributed by atoms with Gasteiger partial charge in [-0.2, -0.15) is 11.8 Å². The van der Waals surface area contributed by atoms with Crippen molar-refractivity contribution in [2.75, 3.05) is 17.2 Å². The standard InChI is InChI=1S/C10H10BrFN2S/c11-6-1-9(12)10(13-3-6)14-4-8-2-7(14)5-15-8/h1,3,7-8H,2,4-5H2. The van der Waals surface area contributed by atoms with Crippen molar-refractivity contribution in [3.05, 3.63) is 22.6 Å². The van der Waals surface area contributed by atoms with Crippen LogP contribution >= 0.6 is 27.7 Å². The number of anilines is 1. The molecule has 0 spiro atoms. The normalized spacial score (nSPS) is 28.8. The lowest BCUT2D eigenvalue weighted by molar-refractivity contribution is 0.605. The van der Waals surface area contributed by atoms with Crippen molar-refractivity contribution in [2.24, 2.45) is 0 Å². The zero-order valence-electron chi connectivity index (χ0n) is 7.99. The molecule has 2 aliphatic heterocycles. The molecule has 0 radical (unpaired) electrons. The first-order chi connectivity index (χ1) is 7.24. The van der Waals surface area contributed by atoms with Gasteiger partial charge in [0, 0.05) is 34.3 Å². The van der Waals surface area contributed by atoms with Crippen LogP contribution in [0.15, 0.2) is 16.7 Å². The number of rotatable bonds is 1. The quantitative estimate of drug-likeness (QED) is 0.790. The largest absolute Gasteiger partial charge is 0.349 e. The Morgan fingerprint density at radius 3 is 3.07 bits per heavy atom. The van der Waals surface area contributed by atoms with Crippen LogP contribution in [0.1, 0.15) is 6.42 Å². The highest BCUT2D eigenvalue weighted by atomic mass is 79.9. The maximum Gasteiger partial charge on any atom is 0.166 e. The first-order valence-corrected chi connectivity index (χ1v) is 6.77. The van der Waals surface area contributed by atoms with Crippen LogP contribution in [0, 0.1) is 5.82 Å². The molecule has 0 aliphatic carbocycles. The highest BCUT2D eigenvalue weighted by molar-refractivity contribution is 9.10. The van der Waals surface area contributed by atoms with E-state index in [0.29, 0.717) is 21.6 Å². The minimum absolute atomic E-state index is 0.220. The van der Waals surface area contributed by atoms with Gasteiger partial charge in [0.1, 0.15) is 0 Å². The molecule has 1 aromatic rings. The lowest BCUT2D eigenvalue weighted by Crippen LogP contribution is -2.35. The molecular weight excluding hydrogens is 279 g/mol. The van der Waals surface area contributed by atoms with E-state index in [2.05, 4.69) is 25.8 Å². The van der Waals surface area contributed by atoms with Gasteiger partial charge in [0.05, 0.1) is 0 Å². The van der Waals surface area contributed by atoms with Crippen molar-refractivity contribution in [3.63, 3.8) is 0 Å². The number of aromatic nitrogens is 1. The third-order valence-electron chi connectivity index (χ3n) is 2.96. The average Bonchev–Trinajstić information content (AvgIpc) is 2.78. The summed E-state index contributed by atoms with van der Waals surface area (Å²) in [5.41, 5.74) is 0. The molecule has 2 nitrogen and oxygen atoms in total. The zero-order chi connectivity index (χ0) is 10.4. The van der Waals surface area contributed by atoms with Gasteiger partial charge in [-0.05, 0) is 28.4 Å². The van der Waals surface area contributed by atoms with Crippen LogP contribution in [0.25, 0.3) is 0 Å². The zero-order valence-corrected chi connectivity index (χ0v) is 10.4. The van der Waals surface area contributed by atoms with Gasteiger partial charge < -0.3 is 4.90 Å². The van der Waals surface area contributed by atoms with Crippen molar-refractivity contribution in [1.29, 1.82) is 0 Å². The summed E-state index contributed by atoms with van der Waals surface area (Å²) in [5, 5.41) is 0.680. The van der Waals surface area contributed by atoms with E-state index >= 15 is 0 Å². The minimum Gasteiger partial charge on any atom is -0.349 e. The highest BCUT2D eigenvalue weighted by Gasteiger charge is 2.39. The van der Waals surface area contributed by atoms with Crippen molar-refractivity contribution < 1.29 is 4.39 Å². The summed E-state index contributed by atoms with van der Waals surface area (Å²) in [6, 6.07) is 1.98. The number of fused-ring (bicyclic) bond motifs is 2. The Labute approximate surface area is 100 Å². The second kappa shape index (κ2) is 3.63. The Balaban J connectivity index is 1.93. The second-order valence-electron chi connectivity index (χ2n) is 3.96. The van der Waals surface area contributed by atoms with E-state index in [1.807, 2.05) is 11.8 Å². The number of halogens is 2. The molecule has 5 heteroatoms. The Hall–Kier alpha value is -0.290. The van der Waals surface area contributed by atoms with Gasteiger partial charge in [0.15, 0.2) is 11.6 Å². The van der Waals surface area contributed by atoms with Crippen LogP contribution in [0.5, 0.6) is 0 Å². The monoisotopic (exact) mass is 288 g/mol. The second-order valence-corrected chi connectivity index (χ2v) is 6.21. The van der Waals surface area contributed by atoms with Gasteiger partial charge >= 0.3 is 0 Å². The Morgan fingerprint density at radius 1 is 1.60 bits per heavy atom. The SMILES string of the molecule is Fc1cc(Br)cnc1N1CC2CC1CS2. The summed E-state index contributed by atoms with van der Waals surface area (Å²) in [6.07, 6.45) is 2.85. The third-order valence-corrected chi connectivity index (χ3v) is 4.78. The number of hydrogen-bond acceptors (Lipinski definition) is 3. The summed E-state index contributed by atoms with van der Waals surface area (Å²) in [7, 11) is 0. The number of nitrogens with zero attached hydrogens (tertiary/aromatic N) is 2. The Bertz CT molecular complexity index is 401. The maximum atomic E-state index is 13.7. The fourth-order valence-electron chi connectivity index (χ4n) is 2.28. The number of thioether (sulfide) groups is 1. The summed E-state index contributed by atoms with van der Waals surface area (Å²) in [5.74, 6) is 1.41. The van der Waals surface area contributed by atoms with E-state index < -0.39 is 0 Å². The smallest absolute Gasteiger partial charge is 0.166 e. The van der Waals surface area contributed by atoms with Crippen molar-refractivity contribution >= 4 is 33.5 Å². The van der Waals surface area contributed by atoms with Gasteiger partial charge in [-0.3, -0.25) is 0 Å². The minimum atomic E-state index is -0.220. The summed E-state index contributed by atoms with van der Waals surface area (Å²) >= 11 is 5.22. The molecule has 80 valence electrons. The predicted molar refractivity (Wildman–Crippen MR) is 63.9 cm³/mol. The van der Waals surface area contributed by atoms with E-state index in [1.165, 1.54) is 12.5 Å². The summed E-state index contributed by atoms with van der Waals surface area (Å²) in [4.78, 5) is 6.29. The Kier molecular flexibility index (Phi) is 2.39. The third kappa shape index (κ3) is 1.65. The van der Waals surface area contributed by atoms with E-state index in [4.69, 9.17) is 0 Å². The molecule has 0 N–H and O–H groups in total. The molecule has 2 aliphatic rings. The Morgan fingerprint density at radius 2 is 2.47 bits per heavy atom. The lowest BCUT2D eigenvalue weighted by atomic mass is 10.2. The summed E-state index contributed by atoms with van der Waals surface area (Å²) in [6.45, 7) is 0.945. The molecule has 0 aromatic carbocycles. The summed E-state index contributed by atoms with van der Waals surface area (Å²) < 4.78 is 14.4. The van der Waals surface area contributed by atoms with Crippen LogP contribution in [-0.4, -0.2) is 28.6 Å². The van der Waals surface area contributed by atoms with Crippen LogP contribution < -0.4 is 4.90 Å². The molecule has 2 saturated heterocycles. The highest BCUT2D eigenvalue weighted by Crippen LogP contribution is 2.40. The molecule has 3 heterocycles. The maximum absolute atomic E-state index is 13.7. The van der Waals surface area contributed by atoms with Gasteiger partial charge in [0.25, 0.3) is 0 Å². The van der Waals surface area contributed by atoms with Crippen LogP contribution in [0.4, 0.5) is 10.2 Å². The van der Waals surface area contributed by atoms with E-state index in [-0.39, 0.29) is 5.82 Å². The first kappa shape index (κ1) is 9.90. The number of hydrogen-bond donors (Lipinski definition) is 0. The van der Waals surface area contributed by atoms with E-state index in [9.17, 15) is 4.39 Å². The molecule has 2 bridgehead atoms. The lowest BCUT2D eigenvalue weighted by Gasteiger charge is -2.27. The molecule has 15 heavy (non-hydrogen) atoms. The fourth-order valence-corrected chi connectivity index (χ4v) is 4.02. The molecule has 0 amide bonds. The molecule has 2 fully saturated rings. The molecular formula is C10H10BrFN2S. The molecule has 2 unspecified atom stereocenters. The van der Waals surface area contributed by atoms with E-state index in [0.717, 1.165) is 12.3 Å². The average molecular weight is 289 g/mol. The van der Waals surface area contributed by atoms with Crippen LogP contribution in [0.2, 0.25) is 0 Å². The van der Waals surface area contributed by atoms with Gasteiger partial charge in [-0.1, -0.05) is 0 Å². The number of pyridine rings is 1.